The van der Waals surface area contributed by atoms with Crippen molar-refractivity contribution in [3.05, 3.63) is 48.0 Å². The Kier molecular flexibility index (Phi) is 5.10. The zero-order valence-electron chi connectivity index (χ0n) is 14.4. The molecule has 3 heteroatoms. The van der Waals surface area contributed by atoms with Gasteiger partial charge in [0.1, 0.15) is 0 Å². The molecule has 0 spiro atoms. The molecular formula is C19H28O2Si. The second kappa shape index (κ2) is 6.53. The van der Waals surface area contributed by atoms with Crippen LogP contribution in [0.15, 0.2) is 42.5 Å². The van der Waals surface area contributed by atoms with Gasteiger partial charge < -0.3 is 9.53 Å². The summed E-state index contributed by atoms with van der Waals surface area (Å²) in [5.41, 5.74) is 1.18. The summed E-state index contributed by atoms with van der Waals surface area (Å²) in [5, 5.41) is 12.5. The first-order chi connectivity index (χ1) is 10.3. The third-order valence-electron chi connectivity index (χ3n) is 4.94. The molecule has 1 N–H and O–H groups in total. The Morgan fingerprint density at radius 2 is 1.68 bits per heavy atom. The lowest BCUT2D eigenvalue weighted by atomic mass is 9.95. The number of benzene rings is 2. The highest BCUT2D eigenvalue weighted by atomic mass is 28.4. The molecule has 2 aromatic carbocycles. The summed E-state index contributed by atoms with van der Waals surface area (Å²) in [6.45, 7) is 11.9. The van der Waals surface area contributed by atoms with Gasteiger partial charge in [0.15, 0.2) is 8.32 Å². The smallest absolute Gasteiger partial charge is 0.192 e. The fourth-order valence-electron chi connectivity index (χ4n) is 2.37. The minimum absolute atomic E-state index is 0.0280. The quantitative estimate of drug-likeness (QED) is 0.792. The number of fused-ring (bicyclic) bond motifs is 1. The molecule has 0 fully saturated rings. The van der Waals surface area contributed by atoms with Crippen LogP contribution < -0.4 is 0 Å². The monoisotopic (exact) mass is 316 g/mol. The molecule has 1 unspecified atom stereocenters. The van der Waals surface area contributed by atoms with E-state index in [1.165, 1.54) is 16.3 Å². The number of aliphatic hydroxyl groups is 1. The van der Waals surface area contributed by atoms with Crippen LogP contribution in [0.2, 0.25) is 18.1 Å². The predicted molar refractivity (Wildman–Crippen MR) is 96.9 cm³/mol. The first kappa shape index (κ1) is 17.2. The summed E-state index contributed by atoms with van der Waals surface area (Å²) < 4.78 is 6.33. The average Bonchev–Trinajstić information content (AvgIpc) is 2.47. The van der Waals surface area contributed by atoms with Gasteiger partial charge in [-0.05, 0) is 34.5 Å². The molecular weight excluding hydrogens is 288 g/mol. The van der Waals surface area contributed by atoms with Gasteiger partial charge >= 0.3 is 0 Å². The summed E-state index contributed by atoms with van der Waals surface area (Å²) >= 11 is 0. The first-order valence-corrected chi connectivity index (χ1v) is 10.9. The standard InChI is InChI=1S/C19H28O2Si/c1-19(2,3)22(4,5)21-14-16(13-20)18-12-8-10-15-9-6-7-11-17(15)18/h6-12,16,20H,13-14H2,1-5H3. The number of aliphatic hydroxyl groups excluding tert-OH is 1. The molecule has 0 amide bonds. The van der Waals surface area contributed by atoms with Crippen LogP contribution in [0.4, 0.5) is 0 Å². The van der Waals surface area contributed by atoms with Crippen LogP contribution in [0.5, 0.6) is 0 Å². The molecule has 0 radical (unpaired) electrons. The van der Waals surface area contributed by atoms with Gasteiger partial charge in [-0.3, -0.25) is 0 Å². The third-order valence-corrected chi connectivity index (χ3v) is 9.44. The van der Waals surface area contributed by atoms with E-state index < -0.39 is 8.32 Å². The maximum atomic E-state index is 9.87. The topological polar surface area (TPSA) is 29.5 Å². The Morgan fingerprint density at radius 1 is 1.05 bits per heavy atom. The Balaban J connectivity index is 2.25. The fourth-order valence-corrected chi connectivity index (χ4v) is 3.42. The zero-order chi connectivity index (χ0) is 16.4. The molecule has 0 heterocycles. The maximum absolute atomic E-state index is 9.87. The van der Waals surface area contributed by atoms with E-state index in [-0.39, 0.29) is 17.6 Å². The number of rotatable bonds is 5. The van der Waals surface area contributed by atoms with Crippen LogP contribution in [-0.2, 0) is 4.43 Å². The molecule has 0 aromatic heterocycles. The highest BCUT2D eigenvalue weighted by Crippen LogP contribution is 2.37. The largest absolute Gasteiger partial charge is 0.416 e. The average molecular weight is 317 g/mol. The van der Waals surface area contributed by atoms with Gasteiger partial charge in [-0.1, -0.05) is 63.2 Å². The lowest BCUT2D eigenvalue weighted by Gasteiger charge is -2.37. The van der Waals surface area contributed by atoms with Gasteiger partial charge in [0.2, 0.25) is 0 Å². The molecule has 0 saturated heterocycles. The molecule has 0 saturated carbocycles. The number of hydrogen-bond donors (Lipinski definition) is 1. The minimum Gasteiger partial charge on any atom is -0.416 e. The van der Waals surface area contributed by atoms with Crippen LogP contribution in [0.25, 0.3) is 10.8 Å². The summed E-state index contributed by atoms with van der Waals surface area (Å²) in [4.78, 5) is 0. The third kappa shape index (κ3) is 3.59. The molecule has 120 valence electrons. The van der Waals surface area contributed by atoms with Crippen LogP contribution in [0, 0.1) is 0 Å². The Bertz CT molecular complexity index is 623. The van der Waals surface area contributed by atoms with Crippen molar-refractivity contribution in [1.29, 1.82) is 0 Å². The van der Waals surface area contributed by atoms with E-state index in [1.807, 2.05) is 6.07 Å². The van der Waals surface area contributed by atoms with Gasteiger partial charge in [0.05, 0.1) is 6.61 Å². The molecule has 22 heavy (non-hydrogen) atoms. The molecule has 0 bridgehead atoms. The Labute approximate surface area is 135 Å². The van der Waals surface area contributed by atoms with E-state index in [1.54, 1.807) is 0 Å². The van der Waals surface area contributed by atoms with Gasteiger partial charge in [0.25, 0.3) is 0 Å². The van der Waals surface area contributed by atoms with Crippen molar-refractivity contribution in [3.63, 3.8) is 0 Å². The number of hydrogen-bond acceptors (Lipinski definition) is 2. The van der Waals surface area contributed by atoms with Crippen LogP contribution in [0.3, 0.4) is 0 Å². The summed E-state index contributed by atoms with van der Waals surface area (Å²) in [5.74, 6) is 0.0280. The van der Waals surface area contributed by atoms with E-state index >= 15 is 0 Å². The SMILES string of the molecule is CC(C)(C)[Si](C)(C)OCC(CO)c1cccc2ccccc12. The molecule has 2 aromatic rings. The van der Waals surface area contributed by atoms with Gasteiger partial charge in [-0.25, -0.2) is 0 Å². The second-order valence-corrected chi connectivity index (χ2v) is 12.3. The zero-order valence-corrected chi connectivity index (χ0v) is 15.4. The summed E-state index contributed by atoms with van der Waals surface area (Å²) in [6.07, 6.45) is 0. The minimum atomic E-state index is -1.80. The molecule has 0 aliphatic carbocycles. The van der Waals surface area contributed by atoms with Crippen molar-refractivity contribution in [2.45, 2.75) is 44.8 Å². The lowest BCUT2D eigenvalue weighted by Crippen LogP contribution is -2.42. The molecule has 0 aliphatic heterocycles. The maximum Gasteiger partial charge on any atom is 0.192 e. The normalized spacial score (nSPS) is 14.3. The predicted octanol–water partition coefficient (Wildman–Crippen LogP) is 4.94. The van der Waals surface area contributed by atoms with E-state index in [2.05, 4.69) is 70.3 Å². The second-order valence-electron chi connectivity index (χ2n) is 7.52. The van der Waals surface area contributed by atoms with E-state index in [4.69, 9.17) is 4.43 Å². The Hall–Kier alpha value is -1.16. The fraction of sp³-hybridized carbons (Fsp3) is 0.474. The van der Waals surface area contributed by atoms with Gasteiger partial charge in [-0.2, -0.15) is 0 Å². The first-order valence-electron chi connectivity index (χ1n) is 7.99. The van der Waals surface area contributed by atoms with E-state index in [0.717, 1.165) is 0 Å². The van der Waals surface area contributed by atoms with E-state index in [9.17, 15) is 5.11 Å². The summed E-state index contributed by atoms with van der Waals surface area (Å²) in [7, 11) is -1.80. The van der Waals surface area contributed by atoms with Crippen LogP contribution >= 0.6 is 0 Å². The van der Waals surface area contributed by atoms with Crippen molar-refractivity contribution in [3.8, 4) is 0 Å². The van der Waals surface area contributed by atoms with Crippen LogP contribution in [-0.4, -0.2) is 26.6 Å². The Morgan fingerprint density at radius 3 is 2.32 bits per heavy atom. The molecule has 2 rings (SSSR count). The highest BCUT2D eigenvalue weighted by Gasteiger charge is 2.37. The van der Waals surface area contributed by atoms with Crippen molar-refractivity contribution < 1.29 is 9.53 Å². The highest BCUT2D eigenvalue weighted by molar-refractivity contribution is 6.74. The molecule has 0 aliphatic rings. The van der Waals surface area contributed by atoms with Crippen molar-refractivity contribution in [2.24, 2.45) is 0 Å². The van der Waals surface area contributed by atoms with Crippen molar-refractivity contribution in [2.75, 3.05) is 13.2 Å². The van der Waals surface area contributed by atoms with Crippen LogP contribution in [0.1, 0.15) is 32.3 Å². The molecule has 1 atom stereocenters. The van der Waals surface area contributed by atoms with Gasteiger partial charge in [0, 0.05) is 12.5 Å². The molecule has 2 nitrogen and oxygen atoms in total. The van der Waals surface area contributed by atoms with Crippen molar-refractivity contribution in [1.82, 2.24) is 0 Å². The van der Waals surface area contributed by atoms with E-state index in [0.29, 0.717) is 6.61 Å². The summed E-state index contributed by atoms with van der Waals surface area (Å²) in [6, 6.07) is 14.6. The lowest BCUT2D eigenvalue weighted by molar-refractivity contribution is 0.195. The van der Waals surface area contributed by atoms with Crippen molar-refractivity contribution >= 4 is 19.1 Å². The van der Waals surface area contributed by atoms with Gasteiger partial charge in [-0.15, -0.1) is 0 Å².